The average Bonchev–Trinajstić information content (AvgIpc) is 3.42. The molecule has 1 heteroatoms. The molecule has 1 nitrogen and oxygen atoms in total. The van der Waals surface area contributed by atoms with Crippen molar-refractivity contribution < 1.29 is 0 Å². The van der Waals surface area contributed by atoms with E-state index in [1.807, 2.05) is 0 Å². The molecular weight excluding hydrogens is 591 g/mol. The Hall–Kier alpha value is -6.05. The molecule has 1 aliphatic rings. The highest BCUT2D eigenvalue weighted by atomic mass is 14.7. The van der Waals surface area contributed by atoms with Crippen molar-refractivity contribution in [1.82, 2.24) is 4.98 Å². The minimum absolute atomic E-state index is 0.0828. The zero-order valence-electron chi connectivity index (χ0n) is 27.7. The quantitative estimate of drug-likeness (QED) is 0.185. The van der Waals surface area contributed by atoms with Gasteiger partial charge in [0.1, 0.15) is 0 Å². The SMILES string of the molecule is CC1(C)c2ccccc2-c2c(-c3ccc(-c4cc(-c5ccccc5)nc(-c5cccc(-c6ccccc6)c5)c4)cc3)cc3ccccc3c21. The molecule has 0 bridgehead atoms. The Morgan fingerprint density at radius 3 is 1.73 bits per heavy atom. The van der Waals surface area contributed by atoms with E-state index >= 15 is 0 Å². The second-order valence-electron chi connectivity index (χ2n) is 13.6. The third-order valence-corrected chi connectivity index (χ3v) is 10.2. The van der Waals surface area contributed by atoms with E-state index in [-0.39, 0.29) is 5.41 Å². The minimum atomic E-state index is -0.0828. The lowest BCUT2D eigenvalue weighted by Gasteiger charge is -2.24. The molecule has 1 aromatic heterocycles. The van der Waals surface area contributed by atoms with Crippen LogP contribution in [0, 0.1) is 0 Å². The summed E-state index contributed by atoms with van der Waals surface area (Å²) in [5.74, 6) is 0. The number of aromatic nitrogens is 1. The summed E-state index contributed by atoms with van der Waals surface area (Å²) >= 11 is 0. The van der Waals surface area contributed by atoms with Crippen LogP contribution in [0.2, 0.25) is 0 Å². The van der Waals surface area contributed by atoms with E-state index in [9.17, 15) is 0 Å². The molecule has 0 N–H and O–H groups in total. The second-order valence-corrected chi connectivity index (χ2v) is 13.6. The lowest BCUT2D eigenvalue weighted by Crippen LogP contribution is -2.15. The number of pyridine rings is 1. The van der Waals surface area contributed by atoms with Gasteiger partial charge in [-0.25, -0.2) is 4.98 Å². The molecule has 9 rings (SSSR count). The summed E-state index contributed by atoms with van der Waals surface area (Å²) in [6.45, 7) is 4.75. The molecule has 0 spiro atoms. The van der Waals surface area contributed by atoms with Gasteiger partial charge in [0.2, 0.25) is 0 Å². The highest BCUT2D eigenvalue weighted by Gasteiger charge is 2.38. The molecule has 0 aliphatic heterocycles. The van der Waals surface area contributed by atoms with Crippen LogP contribution in [0.15, 0.2) is 176 Å². The number of benzene rings is 7. The van der Waals surface area contributed by atoms with Crippen LogP contribution in [0.1, 0.15) is 25.0 Å². The van der Waals surface area contributed by atoms with Crippen molar-refractivity contribution in [2.45, 2.75) is 19.3 Å². The molecule has 0 amide bonds. The third-order valence-electron chi connectivity index (χ3n) is 10.2. The summed E-state index contributed by atoms with van der Waals surface area (Å²) in [6.07, 6.45) is 0. The fourth-order valence-electron chi connectivity index (χ4n) is 7.82. The maximum Gasteiger partial charge on any atom is 0.0715 e. The first kappa shape index (κ1) is 29.1. The van der Waals surface area contributed by atoms with Gasteiger partial charge in [0, 0.05) is 16.5 Å². The normalized spacial score (nSPS) is 12.9. The monoisotopic (exact) mass is 625 g/mol. The van der Waals surface area contributed by atoms with Crippen LogP contribution in [-0.2, 0) is 5.41 Å². The van der Waals surface area contributed by atoms with Crippen LogP contribution >= 0.6 is 0 Å². The summed E-state index contributed by atoms with van der Waals surface area (Å²) in [5.41, 5.74) is 16.8. The summed E-state index contributed by atoms with van der Waals surface area (Å²) in [6, 6.07) is 63.5. The van der Waals surface area contributed by atoms with Gasteiger partial charge in [-0.3, -0.25) is 0 Å². The first-order chi connectivity index (χ1) is 24.0. The van der Waals surface area contributed by atoms with Gasteiger partial charge in [-0.15, -0.1) is 0 Å². The van der Waals surface area contributed by atoms with Crippen LogP contribution in [0.4, 0.5) is 0 Å². The zero-order chi connectivity index (χ0) is 33.0. The molecule has 232 valence electrons. The number of fused-ring (bicyclic) bond motifs is 5. The predicted octanol–water partition coefficient (Wildman–Crippen LogP) is 12.9. The molecule has 0 fully saturated rings. The van der Waals surface area contributed by atoms with E-state index in [0.29, 0.717) is 0 Å². The second kappa shape index (κ2) is 11.6. The molecule has 0 saturated heterocycles. The predicted molar refractivity (Wildman–Crippen MR) is 206 cm³/mol. The Labute approximate surface area is 288 Å². The van der Waals surface area contributed by atoms with Crippen LogP contribution in [0.5, 0.6) is 0 Å². The summed E-state index contributed by atoms with van der Waals surface area (Å²) < 4.78 is 0. The van der Waals surface area contributed by atoms with Crippen LogP contribution < -0.4 is 0 Å². The van der Waals surface area contributed by atoms with Crippen molar-refractivity contribution in [1.29, 1.82) is 0 Å². The van der Waals surface area contributed by atoms with E-state index in [2.05, 4.69) is 190 Å². The van der Waals surface area contributed by atoms with Crippen LogP contribution in [0.3, 0.4) is 0 Å². The molecule has 7 aromatic carbocycles. The standard InChI is InChI=1S/C48H35N/c1-48(2)43-23-12-11-22-41(43)46-42(29-37-18-9-10-21-40(37)47(46)48)34-26-24-33(25-27-34)39-30-44(35-16-7-4-8-17-35)49-45(31-39)38-20-13-19-36(28-38)32-14-5-3-6-15-32/h3-31H,1-2H3. The summed E-state index contributed by atoms with van der Waals surface area (Å²) in [4.78, 5) is 5.20. The molecule has 0 atom stereocenters. The Morgan fingerprint density at radius 2 is 0.959 bits per heavy atom. The number of rotatable bonds is 5. The first-order valence-electron chi connectivity index (χ1n) is 17.0. The van der Waals surface area contributed by atoms with Gasteiger partial charge < -0.3 is 0 Å². The topological polar surface area (TPSA) is 12.9 Å². The van der Waals surface area contributed by atoms with E-state index < -0.39 is 0 Å². The van der Waals surface area contributed by atoms with E-state index in [0.717, 1.165) is 28.1 Å². The largest absolute Gasteiger partial charge is 0.248 e. The van der Waals surface area contributed by atoms with E-state index in [4.69, 9.17) is 4.98 Å². The molecular formula is C48H35N. The van der Waals surface area contributed by atoms with Gasteiger partial charge in [0.15, 0.2) is 0 Å². The van der Waals surface area contributed by atoms with Gasteiger partial charge in [0.25, 0.3) is 0 Å². The maximum absolute atomic E-state index is 5.20. The molecule has 1 aliphatic carbocycles. The van der Waals surface area contributed by atoms with Gasteiger partial charge in [0.05, 0.1) is 11.4 Å². The Kier molecular flexibility index (Phi) is 6.88. The summed E-state index contributed by atoms with van der Waals surface area (Å²) in [7, 11) is 0. The number of nitrogens with zero attached hydrogens (tertiary/aromatic N) is 1. The van der Waals surface area contributed by atoms with Crippen molar-refractivity contribution >= 4 is 10.8 Å². The van der Waals surface area contributed by atoms with Crippen molar-refractivity contribution in [2.24, 2.45) is 0 Å². The van der Waals surface area contributed by atoms with Crippen LogP contribution in [0.25, 0.3) is 77.8 Å². The van der Waals surface area contributed by atoms with Crippen molar-refractivity contribution in [3.05, 3.63) is 187 Å². The fourth-order valence-corrected chi connectivity index (χ4v) is 7.82. The molecule has 0 unspecified atom stereocenters. The van der Waals surface area contributed by atoms with Gasteiger partial charge in [-0.2, -0.15) is 0 Å². The Balaban J connectivity index is 1.18. The van der Waals surface area contributed by atoms with Crippen molar-refractivity contribution in [3.8, 4) is 67.0 Å². The highest BCUT2D eigenvalue weighted by molar-refractivity contribution is 6.04. The van der Waals surface area contributed by atoms with E-state index in [1.54, 1.807) is 0 Å². The lowest BCUT2D eigenvalue weighted by atomic mass is 9.79. The Bertz CT molecular complexity index is 2490. The fraction of sp³-hybridized carbons (Fsp3) is 0.0625. The van der Waals surface area contributed by atoms with Crippen molar-refractivity contribution in [3.63, 3.8) is 0 Å². The van der Waals surface area contributed by atoms with Crippen LogP contribution in [-0.4, -0.2) is 4.98 Å². The Morgan fingerprint density at radius 1 is 0.388 bits per heavy atom. The van der Waals surface area contributed by atoms with Gasteiger partial charge >= 0.3 is 0 Å². The number of hydrogen-bond acceptors (Lipinski definition) is 1. The zero-order valence-corrected chi connectivity index (χ0v) is 27.7. The smallest absolute Gasteiger partial charge is 0.0715 e. The average molecular weight is 626 g/mol. The summed E-state index contributed by atoms with van der Waals surface area (Å²) in [5, 5.41) is 2.62. The third kappa shape index (κ3) is 4.98. The first-order valence-corrected chi connectivity index (χ1v) is 17.0. The lowest BCUT2D eigenvalue weighted by molar-refractivity contribution is 0.666. The molecule has 1 heterocycles. The minimum Gasteiger partial charge on any atom is -0.248 e. The molecule has 0 saturated carbocycles. The maximum atomic E-state index is 5.20. The highest BCUT2D eigenvalue weighted by Crippen LogP contribution is 2.54. The van der Waals surface area contributed by atoms with Crippen molar-refractivity contribution in [2.75, 3.05) is 0 Å². The van der Waals surface area contributed by atoms with Gasteiger partial charge in [-0.1, -0.05) is 166 Å². The molecule has 8 aromatic rings. The molecule has 49 heavy (non-hydrogen) atoms. The van der Waals surface area contributed by atoms with E-state index in [1.165, 1.54) is 60.8 Å². The molecule has 0 radical (unpaired) electrons. The number of hydrogen-bond donors (Lipinski definition) is 0. The van der Waals surface area contributed by atoms with Gasteiger partial charge in [-0.05, 0) is 90.7 Å².